The van der Waals surface area contributed by atoms with Crippen molar-refractivity contribution in [3.63, 3.8) is 0 Å². The molecule has 0 unspecified atom stereocenters. The van der Waals surface area contributed by atoms with Crippen LogP contribution in [0, 0.1) is 5.92 Å². The van der Waals surface area contributed by atoms with E-state index < -0.39 is 0 Å². The van der Waals surface area contributed by atoms with Crippen molar-refractivity contribution in [2.24, 2.45) is 10.9 Å². The van der Waals surface area contributed by atoms with Crippen molar-refractivity contribution in [2.45, 2.75) is 19.3 Å². The molecule has 0 spiro atoms. The fraction of sp³-hybridized carbons (Fsp3) is 0.500. The topological polar surface area (TPSA) is 83.0 Å². The van der Waals surface area contributed by atoms with Gasteiger partial charge in [-0.1, -0.05) is 15.9 Å². The van der Waals surface area contributed by atoms with Gasteiger partial charge in [-0.3, -0.25) is 14.6 Å². The highest BCUT2D eigenvalue weighted by Gasteiger charge is 2.26. The minimum atomic E-state index is -0.141. The number of nitrogens with one attached hydrogen (secondary N) is 2. The average molecular weight is 553 g/mol. The molecule has 9 heteroatoms. The number of likely N-dealkylation sites (tertiary alicyclic amines) is 1. The Labute approximate surface area is 185 Å². The maximum atomic E-state index is 12.0. The quantitative estimate of drug-likeness (QED) is 0.254. The number of rotatable bonds is 5. The first-order valence-electron chi connectivity index (χ1n) is 8.62. The second-order valence-corrected chi connectivity index (χ2v) is 6.98. The molecule has 1 amide bonds. The molecule has 1 heterocycles. The van der Waals surface area contributed by atoms with Gasteiger partial charge in [0.1, 0.15) is 0 Å². The summed E-state index contributed by atoms with van der Waals surface area (Å²) in [6.45, 7) is 1.97. The van der Waals surface area contributed by atoms with E-state index in [-0.39, 0.29) is 41.8 Å². The number of guanidine groups is 1. The number of aliphatic imine (C=N–C) groups is 1. The van der Waals surface area contributed by atoms with E-state index in [1.54, 1.807) is 7.05 Å². The molecule has 2 N–H and O–H groups in total. The van der Waals surface area contributed by atoms with Crippen LogP contribution in [-0.4, -0.2) is 56.5 Å². The fourth-order valence-corrected chi connectivity index (χ4v) is 3.13. The second kappa shape index (κ2) is 12.2. The number of anilines is 1. The number of benzene rings is 1. The zero-order valence-electron chi connectivity index (χ0n) is 15.5. The number of nitrogens with zero attached hydrogens (tertiary/aromatic N) is 2. The van der Waals surface area contributed by atoms with Crippen LogP contribution in [0.1, 0.15) is 19.3 Å². The van der Waals surface area contributed by atoms with E-state index in [1.165, 1.54) is 7.11 Å². The van der Waals surface area contributed by atoms with Crippen molar-refractivity contribution in [3.8, 4) is 0 Å². The number of halogens is 2. The first-order chi connectivity index (χ1) is 12.5. The Morgan fingerprint density at radius 3 is 2.44 bits per heavy atom. The van der Waals surface area contributed by atoms with Crippen LogP contribution >= 0.6 is 39.9 Å². The first kappa shape index (κ1) is 23.7. The molecule has 0 saturated carbocycles. The fourth-order valence-electron chi connectivity index (χ4n) is 2.87. The molecule has 27 heavy (non-hydrogen) atoms. The SMILES string of the molecule is CN=C(NCCC(=O)Nc1ccc(Br)cc1)N1CCC(C(=O)OC)CC1.I. The summed E-state index contributed by atoms with van der Waals surface area (Å²) in [5.74, 6) is 0.521. The number of ether oxygens (including phenoxy) is 1. The van der Waals surface area contributed by atoms with Gasteiger partial charge in [-0.25, -0.2) is 0 Å². The van der Waals surface area contributed by atoms with Crippen LogP contribution in [0.25, 0.3) is 0 Å². The van der Waals surface area contributed by atoms with E-state index in [4.69, 9.17) is 4.74 Å². The Morgan fingerprint density at radius 1 is 1.26 bits per heavy atom. The summed E-state index contributed by atoms with van der Waals surface area (Å²) in [4.78, 5) is 30.0. The second-order valence-electron chi connectivity index (χ2n) is 6.06. The highest BCUT2D eigenvalue weighted by atomic mass is 127. The van der Waals surface area contributed by atoms with Crippen LogP contribution in [-0.2, 0) is 14.3 Å². The Morgan fingerprint density at radius 2 is 1.89 bits per heavy atom. The molecule has 0 radical (unpaired) electrons. The molecular formula is C18H26BrIN4O3. The maximum Gasteiger partial charge on any atom is 0.308 e. The summed E-state index contributed by atoms with van der Waals surface area (Å²) in [5.41, 5.74) is 0.771. The summed E-state index contributed by atoms with van der Waals surface area (Å²) < 4.78 is 5.78. The summed E-state index contributed by atoms with van der Waals surface area (Å²) in [7, 11) is 3.14. The molecule has 1 aromatic carbocycles. The van der Waals surface area contributed by atoms with Crippen LogP contribution in [0.3, 0.4) is 0 Å². The van der Waals surface area contributed by atoms with Crippen molar-refractivity contribution in [3.05, 3.63) is 28.7 Å². The predicted octanol–water partition coefficient (Wildman–Crippen LogP) is 2.86. The molecule has 1 saturated heterocycles. The standard InChI is InChI=1S/C18H25BrN4O3.HI/c1-20-18(23-11-8-13(9-12-23)17(25)26-2)21-10-7-16(24)22-15-5-3-14(19)4-6-15;/h3-6,13H,7-12H2,1-2H3,(H,20,21)(H,22,24);1H. The number of carbonyl (C=O) groups excluding carboxylic acids is 2. The van der Waals surface area contributed by atoms with E-state index in [9.17, 15) is 9.59 Å². The molecule has 0 bridgehead atoms. The third-order valence-corrected chi connectivity index (χ3v) is 4.83. The Balaban J connectivity index is 0.00000364. The Kier molecular flexibility index (Phi) is 10.7. The Bertz CT molecular complexity index is 647. The zero-order valence-corrected chi connectivity index (χ0v) is 19.5. The zero-order chi connectivity index (χ0) is 18.9. The third kappa shape index (κ3) is 7.65. The van der Waals surface area contributed by atoms with Gasteiger partial charge in [-0.15, -0.1) is 24.0 Å². The molecule has 150 valence electrons. The van der Waals surface area contributed by atoms with Gasteiger partial charge in [0.25, 0.3) is 0 Å². The molecule has 0 aliphatic carbocycles. The average Bonchev–Trinajstić information content (AvgIpc) is 2.66. The minimum absolute atomic E-state index is 0. The van der Waals surface area contributed by atoms with E-state index in [2.05, 4.69) is 36.5 Å². The van der Waals surface area contributed by atoms with Crippen molar-refractivity contribution < 1.29 is 14.3 Å². The molecule has 0 aromatic heterocycles. The van der Waals surface area contributed by atoms with E-state index in [0.29, 0.717) is 13.0 Å². The number of piperidine rings is 1. The monoisotopic (exact) mass is 552 g/mol. The van der Waals surface area contributed by atoms with Crippen LogP contribution in [0.2, 0.25) is 0 Å². The predicted molar refractivity (Wildman–Crippen MR) is 120 cm³/mol. The summed E-state index contributed by atoms with van der Waals surface area (Å²) >= 11 is 3.36. The van der Waals surface area contributed by atoms with Gasteiger partial charge in [0.2, 0.25) is 5.91 Å². The summed E-state index contributed by atoms with van der Waals surface area (Å²) in [6.07, 6.45) is 1.84. The molecule has 1 fully saturated rings. The molecule has 1 aromatic rings. The highest BCUT2D eigenvalue weighted by Crippen LogP contribution is 2.18. The van der Waals surface area contributed by atoms with Gasteiger partial charge in [-0.2, -0.15) is 0 Å². The molecule has 0 atom stereocenters. The van der Waals surface area contributed by atoms with Gasteiger partial charge in [0.15, 0.2) is 5.96 Å². The van der Waals surface area contributed by atoms with Crippen LogP contribution < -0.4 is 10.6 Å². The molecular weight excluding hydrogens is 527 g/mol. The first-order valence-corrected chi connectivity index (χ1v) is 9.41. The lowest BCUT2D eigenvalue weighted by Crippen LogP contribution is -2.47. The largest absolute Gasteiger partial charge is 0.469 e. The van der Waals surface area contributed by atoms with Crippen LogP contribution in [0.15, 0.2) is 33.7 Å². The minimum Gasteiger partial charge on any atom is -0.469 e. The van der Waals surface area contributed by atoms with E-state index in [1.807, 2.05) is 24.3 Å². The highest BCUT2D eigenvalue weighted by molar-refractivity contribution is 14.0. The lowest BCUT2D eigenvalue weighted by atomic mass is 9.97. The van der Waals surface area contributed by atoms with Crippen LogP contribution in [0.5, 0.6) is 0 Å². The van der Waals surface area contributed by atoms with Crippen molar-refractivity contribution in [2.75, 3.05) is 39.1 Å². The normalized spacial score (nSPS) is 14.9. The van der Waals surface area contributed by atoms with Crippen LogP contribution in [0.4, 0.5) is 5.69 Å². The number of esters is 1. The van der Waals surface area contributed by atoms with Gasteiger partial charge in [-0.05, 0) is 37.1 Å². The summed E-state index contributed by atoms with van der Waals surface area (Å²) in [5, 5.41) is 6.07. The Hall–Kier alpha value is -1.36. The smallest absolute Gasteiger partial charge is 0.308 e. The third-order valence-electron chi connectivity index (χ3n) is 4.30. The van der Waals surface area contributed by atoms with Gasteiger partial charge >= 0.3 is 5.97 Å². The molecule has 7 nitrogen and oxygen atoms in total. The lowest BCUT2D eigenvalue weighted by Gasteiger charge is -2.33. The van der Waals surface area contributed by atoms with E-state index >= 15 is 0 Å². The van der Waals surface area contributed by atoms with Gasteiger partial charge < -0.3 is 20.3 Å². The number of methoxy groups -OCH3 is 1. The molecule has 1 aliphatic heterocycles. The number of hydrogen-bond acceptors (Lipinski definition) is 4. The summed E-state index contributed by atoms with van der Waals surface area (Å²) in [6, 6.07) is 7.46. The van der Waals surface area contributed by atoms with Crippen molar-refractivity contribution in [1.82, 2.24) is 10.2 Å². The molecule has 2 rings (SSSR count). The van der Waals surface area contributed by atoms with Crippen molar-refractivity contribution >= 4 is 63.4 Å². The number of amides is 1. The van der Waals surface area contributed by atoms with E-state index in [0.717, 1.165) is 42.1 Å². The van der Waals surface area contributed by atoms with Gasteiger partial charge in [0, 0.05) is 43.3 Å². The number of carbonyl (C=O) groups is 2. The maximum absolute atomic E-state index is 12.0. The lowest BCUT2D eigenvalue weighted by molar-refractivity contribution is -0.146. The molecule has 1 aliphatic rings. The number of hydrogen-bond donors (Lipinski definition) is 2. The van der Waals surface area contributed by atoms with Crippen molar-refractivity contribution in [1.29, 1.82) is 0 Å². The van der Waals surface area contributed by atoms with Gasteiger partial charge in [0.05, 0.1) is 13.0 Å².